The molecule has 1 heterocycles. The van der Waals surface area contributed by atoms with Gasteiger partial charge in [0.05, 0.1) is 4.92 Å². The van der Waals surface area contributed by atoms with Gasteiger partial charge in [0, 0.05) is 23.4 Å². The molecular formula is C17H13N3O4. The Morgan fingerprint density at radius 2 is 1.79 bits per heavy atom. The summed E-state index contributed by atoms with van der Waals surface area (Å²) in [5.74, 6) is 0.00900. The van der Waals surface area contributed by atoms with Crippen molar-refractivity contribution < 1.29 is 14.2 Å². The van der Waals surface area contributed by atoms with Crippen LogP contribution in [-0.4, -0.2) is 16.0 Å². The predicted molar refractivity (Wildman–Crippen MR) is 87.7 cm³/mol. The van der Waals surface area contributed by atoms with Gasteiger partial charge in [0.15, 0.2) is 0 Å². The third-order valence-electron chi connectivity index (χ3n) is 3.47. The molecule has 1 amide bonds. The molecule has 0 aliphatic carbocycles. The Hall–Kier alpha value is -3.48. The highest BCUT2D eigenvalue weighted by molar-refractivity contribution is 6.08. The van der Waals surface area contributed by atoms with E-state index in [1.54, 1.807) is 6.92 Å². The lowest BCUT2D eigenvalue weighted by Crippen LogP contribution is -2.13. The number of benzene rings is 2. The molecule has 0 spiro atoms. The molecule has 0 saturated heterocycles. The van der Waals surface area contributed by atoms with Gasteiger partial charge in [0.1, 0.15) is 17.0 Å². The zero-order chi connectivity index (χ0) is 17.1. The lowest BCUT2D eigenvalue weighted by Gasteiger charge is -2.05. The van der Waals surface area contributed by atoms with Crippen molar-refractivity contribution in [2.24, 2.45) is 0 Å². The van der Waals surface area contributed by atoms with Crippen LogP contribution in [0.2, 0.25) is 0 Å². The van der Waals surface area contributed by atoms with Gasteiger partial charge in [0.25, 0.3) is 11.6 Å². The Balaban J connectivity index is 1.88. The first-order chi connectivity index (χ1) is 11.6. The molecule has 0 fully saturated rings. The van der Waals surface area contributed by atoms with Gasteiger partial charge in [-0.25, -0.2) is 0 Å². The minimum Gasteiger partial charge on any atom is -0.360 e. The Kier molecular flexibility index (Phi) is 4.07. The number of hydrogen-bond donors (Lipinski definition) is 1. The van der Waals surface area contributed by atoms with Crippen LogP contribution in [0.15, 0.2) is 59.1 Å². The third kappa shape index (κ3) is 3.00. The second-order valence-electron chi connectivity index (χ2n) is 5.09. The van der Waals surface area contributed by atoms with E-state index in [4.69, 9.17) is 4.52 Å². The van der Waals surface area contributed by atoms with E-state index in [0.29, 0.717) is 22.7 Å². The molecule has 24 heavy (non-hydrogen) atoms. The van der Waals surface area contributed by atoms with Gasteiger partial charge in [-0.2, -0.15) is 0 Å². The molecule has 120 valence electrons. The van der Waals surface area contributed by atoms with E-state index in [1.807, 2.05) is 30.3 Å². The maximum Gasteiger partial charge on any atom is 0.269 e. The monoisotopic (exact) mass is 323 g/mol. The van der Waals surface area contributed by atoms with Crippen molar-refractivity contribution in [1.82, 2.24) is 5.16 Å². The van der Waals surface area contributed by atoms with Crippen LogP contribution in [0, 0.1) is 17.0 Å². The van der Waals surface area contributed by atoms with Crippen LogP contribution in [0.3, 0.4) is 0 Å². The fourth-order valence-corrected chi connectivity index (χ4v) is 2.29. The van der Waals surface area contributed by atoms with Gasteiger partial charge in [-0.05, 0) is 19.1 Å². The van der Waals surface area contributed by atoms with Crippen molar-refractivity contribution in [1.29, 1.82) is 0 Å². The first-order valence-electron chi connectivity index (χ1n) is 7.14. The molecule has 0 aliphatic rings. The molecule has 0 unspecified atom stereocenters. The predicted octanol–water partition coefficient (Wildman–Crippen LogP) is 3.81. The maximum atomic E-state index is 12.6. The normalized spacial score (nSPS) is 10.4. The standard InChI is InChI=1S/C17H13N3O4/c1-11-15(16(19-24-11)12-5-3-2-4-6-12)17(21)18-13-7-9-14(10-8-13)20(22)23/h2-10H,1H3,(H,18,21). The summed E-state index contributed by atoms with van der Waals surface area (Å²) in [5, 5.41) is 17.3. The summed E-state index contributed by atoms with van der Waals surface area (Å²) in [4.78, 5) is 22.7. The van der Waals surface area contributed by atoms with Crippen molar-refractivity contribution >= 4 is 17.3 Å². The fraction of sp³-hybridized carbons (Fsp3) is 0.0588. The van der Waals surface area contributed by atoms with Crippen molar-refractivity contribution in [2.45, 2.75) is 6.92 Å². The number of nitrogens with one attached hydrogen (secondary N) is 1. The van der Waals surface area contributed by atoms with E-state index in [-0.39, 0.29) is 11.6 Å². The lowest BCUT2D eigenvalue weighted by atomic mass is 10.1. The fourth-order valence-electron chi connectivity index (χ4n) is 2.29. The number of hydrogen-bond acceptors (Lipinski definition) is 5. The highest BCUT2D eigenvalue weighted by atomic mass is 16.6. The summed E-state index contributed by atoms with van der Waals surface area (Å²) < 4.78 is 5.16. The summed E-state index contributed by atoms with van der Waals surface area (Å²) in [5.41, 5.74) is 1.96. The minimum atomic E-state index is -0.497. The average molecular weight is 323 g/mol. The second kappa shape index (κ2) is 6.33. The van der Waals surface area contributed by atoms with Crippen LogP contribution in [0.25, 0.3) is 11.3 Å². The summed E-state index contributed by atoms with van der Waals surface area (Å²) in [7, 11) is 0. The van der Waals surface area contributed by atoms with E-state index >= 15 is 0 Å². The van der Waals surface area contributed by atoms with E-state index in [0.717, 1.165) is 5.56 Å². The van der Waals surface area contributed by atoms with Crippen molar-refractivity contribution in [3.05, 3.63) is 76.0 Å². The number of amides is 1. The number of nitro groups is 1. The number of anilines is 1. The average Bonchev–Trinajstić information content (AvgIpc) is 2.98. The first-order valence-corrected chi connectivity index (χ1v) is 7.14. The molecule has 0 atom stereocenters. The van der Waals surface area contributed by atoms with Crippen molar-refractivity contribution in [3.63, 3.8) is 0 Å². The summed E-state index contributed by atoms with van der Waals surface area (Å²) >= 11 is 0. The maximum absolute atomic E-state index is 12.6. The molecule has 7 nitrogen and oxygen atoms in total. The highest BCUT2D eigenvalue weighted by Crippen LogP contribution is 2.26. The molecule has 1 N–H and O–H groups in total. The summed E-state index contributed by atoms with van der Waals surface area (Å²) in [6.45, 7) is 1.66. The van der Waals surface area contributed by atoms with Crippen LogP contribution >= 0.6 is 0 Å². The number of aromatic nitrogens is 1. The zero-order valence-electron chi connectivity index (χ0n) is 12.7. The van der Waals surface area contributed by atoms with Crippen LogP contribution in [0.4, 0.5) is 11.4 Å². The number of nitro benzene ring substituents is 1. The number of carbonyl (C=O) groups excluding carboxylic acids is 1. The Morgan fingerprint density at radius 1 is 1.12 bits per heavy atom. The van der Waals surface area contributed by atoms with Crippen LogP contribution in [-0.2, 0) is 0 Å². The molecular weight excluding hydrogens is 310 g/mol. The van der Waals surface area contributed by atoms with E-state index < -0.39 is 4.92 Å². The van der Waals surface area contributed by atoms with E-state index in [1.165, 1.54) is 24.3 Å². The number of carbonyl (C=O) groups is 1. The molecule has 3 aromatic rings. The summed E-state index contributed by atoms with van der Waals surface area (Å²) in [6, 6.07) is 14.8. The lowest BCUT2D eigenvalue weighted by molar-refractivity contribution is -0.384. The third-order valence-corrected chi connectivity index (χ3v) is 3.47. The molecule has 7 heteroatoms. The Labute approximate surface area is 137 Å². The zero-order valence-corrected chi connectivity index (χ0v) is 12.7. The molecule has 0 radical (unpaired) electrons. The van der Waals surface area contributed by atoms with Gasteiger partial charge >= 0.3 is 0 Å². The molecule has 2 aromatic carbocycles. The van der Waals surface area contributed by atoms with Crippen LogP contribution in [0.5, 0.6) is 0 Å². The molecule has 1 aromatic heterocycles. The first kappa shape index (κ1) is 15.4. The quantitative estimate of drug-likeness (QED) is 0.581. The Morgan fingerprint density at radius 3 is 2.42 bits per heavy atom. The van der Waals surface area contributed by atoms with Crippen LogP contribution < -0.4 is 5.32 Å². The van der Waals surface area contributed by atoms with Gasteiger partial charge in [0.2, 0.25) is 0 Å². The highest BCUT2D eigenvalue weighted by Gasteiger charge is 2.21. The SMILES string of the molecule is Cc1onc(-c2ccccc2)c1C(=O)Nc1ccc([N+](=O)[O-])cc1. The number of nitrogens with zero attached hydrogens (tertiary/aromatic N) is 2. The topological polar surface area (TPSA) is 98.3 Å². The minimum absolute atomic E-state index is 0.0425. The molecule has 0 bridgehead atoms. The van der Waals surface area contributed by atoms with Crippen molar-refractivity contribution in [3.8, 4) is 11.3 Å². The molecule has 0 saturated carbocycles. The van der Waals surface area contributed by atoms with E-state index in [9.17, 15) is 14.9 Å². The van der Waals surface area contributed by atoms with Gasteiger partial charge in [-0.15, -0.1) is 0 Å². The van der Waals surface area contributed by atoms with Gasteiger partial charge in [-0.1, -0.05) is 35.5 Å². The number of aryl methyl sites for hydroxylation is 1. The Bertz CT molecular complexity index is 886. The van der Waals surface area contributed by atoms with Gasteiger partial charge < -0.3 is 9.84 Å². The van der Waals surface area contributed by atoms with Crippen molar-refractivity contribution in [2.75, 3.05) is 5.32 Å². The molecule has 3 rings (SSSR count). The second-order valence-corrected chi connectivity index (χ2v) is 5.09. The largest absolute Gasteiger partial charge is 0.360 e. The van der Waals surface area contributed by atoms with Gasteiger partial charge in [-0.3, -0.25) is 14.9 Å². The van der Waals surface area contributed by atoms with E-state index in [2.05, 4.69) is 10.5 Å². The number of non-ortho nitro benzene ring substituents is 1. The van der Waals surface area contributed by atoms with Crippen LogP contribution in [0.1, 0.15) is 16.1 Å². The number of rotatable bonds is 4. The molecule has 0 aliphatic heterocycles. The summed E-state index contributed by atoms with van der Waals surface area (Å²) in [6.07, 6.45) is 0. The smallest absolute Gasteiger partial charge is 0.269 e.